The highest BCUT2D eigenvalue weighted by Crippen LogP contribution is 2.32. The summed E-state index contributed by atoms with van der Waals surface area (Å²) >= 11 is 0. The van der Waals surface area contributed by atoms with E-state index in [4.69, 9.17) is 15.2 Å². The lowest BCUT2D eigenvalue weighted by Crippen LogP contribution is -2.29. The van der Waals surface area contributed by atoms with Crippen molar-refractivity contribution in [3.05, 3.63) is 24.3 Å². The number of rotatable bonds is 6. The standard InChI is InChI=1S/C18H26N2O3.ClH/c19-11-13-3-1-5-17(13)18(21)20-14-6-8-15(9-7-14)23-12-16-4-2-10-22-16;/h6-9,13,16-17H,1-5,10-12,19H2,(H,20,21);1H/t13-,16?,17-;/m1./s1. The van der Waals surface area contributed by atoms with Gasteiger partial charge >= 0.3 is 0 Å². The van der Waals surface area contributed by atoms with Crippen molar-refractivity contribution in [3.8, 4) is 5.75 Å². The molecule has 1 aliphatic carbocycles. The Morgan fingerprint density at radius 3 is 2.67 bits per heavy atom. The van der Waals surface area contributed by atoms with Crippen LogP contribution < -0.4 is 15.8 Å². The molecule has 24 heavy (non-hydrogen) atoms. The van der Waals surface area contributed by atoms with Gasteiger partial charge in [-0.3, -0.25) is 4.79 Å². The summed E-state index contributed by atoms with van der Waals surface area (Å²) in [4.78, 5) is 12.4. The molecule has 1 amide bonds. The molecular weight excluding hydrogens is 328 g/mol. The van der Waals surface area contributed by atoms with Gasteiger partial charge in [-0.05, 0) is 62.4 Å². The van der Waals surface area contributed by atoms with Gasteiger partial charge in [-0.25, -0.2) is 0 Å². The van der Waals surface area contributed by atoms with Gasteiger partial charge in [0.2, 0.25) is 5.91 Å². The fourth-order valence-electron chi connectivity index (χ4n) is 3.50. The van der Waals surface area contributed by atoms with E-state index in [1.165, 1.54) is 0 Å². The molecule has 1 aromatic carbocycles. The highest BCUT2D eigenvalue weighted by Gasteiger charge is 2.31. The van der Waals surface area contributed by atoms with E-state index in [1.54, 1.807) is 0 Å². The van der Waals surface area contributed by atoms with Crippen molar-refractivity contribution in [1.82, 2.24) is 0 Å². The number of ether oxygens (including phenoxy) is 2. The fourth-order valence-corrected chi connectivity index (χ4v) is 3.50. The van der Waals surface area contributed by atoms with Crippen LogP contribution in [-0.2, 0) is 9.53 Å². The second kappa shape index (κ2) is 9.25. The predicted molar refractivity (Wildman–Crippen MR) is 96.7 cm³/mol. The van der Waals surface area contributed by atoms with E-state index in [2.05, 4.69) is 5.32 Å². The van der Waals surface area contributed by atoms with Gasteiger partial charge in [-0.2, -0.15) is 0 Å². The van der Waals surface area contributed by atoms with Crippen LogP contribution in [-0.4, -0.2) is 31.8 Å². The molecule has 2 aliphatic rings. The molecule has 1 saturated heterocycles. The molecule has 2 fully saturated rings. The Kier molecular flexibility index (Phi) is 7.34. The second-order valence-corrected chi connectivity index (χ2v) is 6.49. The summed E-state index contributed by atoms with van der Waals surface area (Å²) < 4.78 is 11.3. The highest BCUT2D eigenvalue weighted by atomic mass is 35.5. The normalized spacial score (nSPS) is 26.0. The second-order valence-electron chi connectivity index (χ2n) is 6.49. The van der Waals surface area contributed by atoms with E-state index in [0.29, 0.717) is 19.1 Å². The van der Waals surface area contributed by atoms with Gasteiger partial charge < -0.3 is 20.5 Å². The summed E-state index contributed by atoms with van der Waals surface area (Å²) in [5.74, 6) is 1.27. The lowest BCUT2D eigenvalue weighted by molar-refractivity contribution is -0.120. The number of nitrogens with one attached hydrogen (secondary N) is 1. The molecule has 3 N–H and O–H groups in total. The van der Waals surface area contributed by atoms with Crippen LogP contribution in [0, 0.1) is 11.8 Å². The first-order chi connectivity index (χ1) is 11.3. The zero-order valence-corrected chi connectivity index (χ0v) is 14.7. The average Bonchev–Trinajstić information content (AvgIpc) is 3.25. The minimum absolute atomic E-state index is 0. The first-order valence-electron chi connectivity index (χ1n) is 8.61. The summed E-state index contributed by atoms with van der Waals surface area (Å²) in [7, 11) is 0. The maximum Gasteiger partial charge on any atom is 0.227 e. The fraction of sp³-hybridized carbons (Fsp3) is 0.611. The van der Waals surface area contributed by atoms with Crippen molar-refractivity contribution in [2.75, 3.05) is 25.1 Å². The molecule has 0 radical (unpaired) electrons. The third-order valence-electron chi connectivity index (χ3n) is 4.88. The number of amides is 1. The Morgan fingerprint density at radius 2 is 2.00 bits per heavy atom. The molecule has 1 aliphatic heterocycles. The van der Waals surface area contributed by atoms with Crippen molar-refractivity contribution in [1.29, 1.82) is 0 Å². The summed E-state index contributed by atoms with van der Waals surface area (Å²) in [5, 5.41) is 3.00. The van der Waals surface area contributed by atoms with Crippen LogP contribution in [0.25, 0.3) is 0 Å². The Bertz CT molecular complexity index is 518. The van der Waals surface area contributed by atoms with Crippen molar-refractivity contribution >= 4 is 24.0 Å². The Hall–Kier alpha value is -1.30. The molecule has 1 unspecified atom stereocenters. The monoisotopic (exact) mass is 354 g/mol. The molecule has 5 nitrogen and oxygen atoms in total. The predicted octanol–water partition coefficient (Wildman–Crippen LogP) is 2.98. The molecule has 1 aromatic rings. The lowest BCUT2D eigenvalue weighted by atomic mass is 9.95. The summed E-state index contributed by atoms with van der Waals surface area (Å²) in [5.41, 5.74) is 6.56. The SMILES string of the molecule is Cl.NC[C@H]1CCC[C@H]1C(=O)Nc1ccc(OCC2CCCO2)cc1. The van der Waals surface area contributed by atoms with Crippen LogP contribution in [0.3, 0.4) is 0 Å². The van der Waals surface area contributed by atoms with E-state index in [-0.39, 0.29) is 30.3 Å². The molecular formula is C18H27ClN2O3. The first kappa shape index (κ1) is 19.0. The molecule has 6 heteroatoms. The first-order valence-corrected chi connectivity index (χ1v) is 8.61. The van der Waals surface area contributed by atoms with Crippen LogP contribution in [0.15, 0.2) is 24.3 Å². The third kappa shape index (κ3) is 4.85. The number of halogens is 1. The van der Waals surface area contributed by atoms with Crippen LogP contribution >= 0.6 is 12.4 Å². The number of benzene rings is 1. The average molecular weight is 355 g/mol. The maximum absolute atomic E-state index is 12.4. The number of anilines is 1. The van der Waals surface area contributed by atoms with E-state index in [9.17, 15) is 4.79 Å². The maximum atomic E-state index is 12.4. The number of hydrogen-bond acceptors (Lipinski definition) is 4. The number of carbonyl (C=O) groups is 1. The van der Waals surface area contributed by atoms with Crippen LogP contribution in [0.1, 0.15) is 32.1 Å². The molecule has 1 saturated carbocycles. The molecule has 3 atom stereocenters. The van der Waals surface area contributed by atoms with Crippen LogP contribution in [0.2, 0.25) is 0 Å². The third-order valence-corrected chi connectivity index (χ3v) is 4.88. The Morgan fingerprint density at radius 1 is 1.21 bits per heavy atom. The van der Waals surface area contributed by atoms with E-state index in [0.717, 1.165) is 50.1 Å². The summed E-state index contributed by atoms with van der Waals surface area (Å²) in [6, 6.07) is 7.55. The van der Waals surface area contributed by atoms with Gasteiger partial charge in [-0.1, -0.05) is 6.42 Å². The zero-order chi connectivity index (χ0) is 16.1. The van der Waals surface area contributed by atoms with E-state index < -0.39 is 0 Å². The van der Waals surface area contributed by atoms with Crippen molar-refractivity contribution in [2.24, 2.45) is 17.6 Å². The minimum Gasteiger partial charge on any atom is -0.491 e. The van der Waals surface area contributed by atoms with E-state index >= 15 is 0 Å². The molecule has 134 valence electrons. The van der Waals surface area contributed by atoms with Crippen molar-refractivity contribution < 1.29 is 14.3 Å². The van der Waals surface area contributed by atoms with E-state index in [1.807, 2.05) is 24.3 Å². The Balaban J connectivity index is 0.00000208. The molecule has 3 rings (SSSR count). The molecule has 0 spiro atoms. The number of nitrogens with two attached hydrogens (primary N) is 1. The molecule has 1 heterocycles. The Labute approximate surface area is 149 Å². The van der Waals surface area contributed by atoms with Crippen LogP contribution in [0.4, 0.5) is 5.69 Å². The topological polar surface area (TPSA) is 73.6 Å². The highest BCUT2D eigenvalue weighted by molar-refractivity contribution is 5.93. The van der Waals surface area contributed by atoms with Gasteiger partial charge in [0.1, 0.15) is 12.4 Å². The zero-order valence-electron chi connectivity index (χ0n) is 13.9. The van der Waals surface area contributed by atoms with Gasteiger partial charge in [0.15, 0.2) is 0 Å². The minimum atomic E-state index is 0. The summed E-state index contributed by atoms with van der Waals surface area (Å²) in [6.45, 7) is 2.02. The summed E-state index contributed by atoms with van der Waals surface area (Å²) in [6.07, 6.45) is 5.49. The van der Waals surface area contributed by atoms with Gasteiger partial charge in [0.25, 0.3) is 0 Å². The lowest BCUT2D eigenvalue weighted by Gasteiger charge is -2.17. The van der Waals surface area contributed by atoms with Gasteiger partial charge in [0, 0.05) is 18.2 Å². The number of carbonyl (C=O) groups excluding carboxylic acids is 1. The molecule has 0 bridgehead atoms. The quantitative estimate of drug-likeness (QED) is 0.823. The van der Waals surface area contributed by atoms with Gasteiger partial charge in [-0.15, -0.1) is 12.4 Å². The molecule has 0 aromatic heterocycles. The van der Waals surface area contributed by atoms with Gasteiger partial charge in [0.05, 0.1) is 6.10 Å². The largest absolute Gasteiger partial charge is 0.491 e. The van der Waals surface area contributed by atoms with Crippen molar-refractivity contribution in [3.63, 3.8) is 0 Å². The smallest absolute Gasteiger partial charge is 0.227 e. The number of hydrogen-bond donors (Lipinski definition) is 2. The van der Waals surface area contributed by atoms with Crippen molar-refractivity contribution in [2.45, 2.75) is 38.2 Å². The van der Waals surface area contributed by atoms with Crippen LogP contribution in [0.5, 0.6) is 5.75 Å².